The van der Waals surface area contributed by atoms with Crippen LogP contribution in [0.15, 0.2) is 22.7 Å². The summed E-state index contributed by atoms with van der Waals surface area (Å²) in [6.45, 7) is 0. The van der Waals surface area contributed by atoms with Crippen molar-refractivity contribution >= 4 is 27.3 Å². The summed E-state index contributed by atoms with van der Waals surface area (Å²) in [6.07, 6.45) is 9.41. The van der Waals surface area contributed by atoms with Crippen LogP contribution in [0.3, 0.4) is 0 Å². The van der Waals surface area contributed by atoms with Crippen LogP contribution in [0.25, 0.3) is 0 Å². The van der Waals surface area contributed by atoms with Crippen molar-refractivity contribution in [3.63, 3.8) is 0 Å². The van der Waals surface area contributed by atoms with E-state index in [1.807, 2.05) is 12.1 Å². The molecular formula is C14H21BrN2. The molecule has 0 bridgehead atoms. The lowest BCUT2D eigenvalue weighted by atomic mass is 9.96. The molecule has 1 aromatic rings. The molecule has 1 aliphatic carbocycles. The number of hydrogen-bond acceptors (Lipinski definition) is 2. The van der Waals surface area contributed by atoms with Crippen molar-refractivity contribution in [2.45, 2.75) is 51.0 Å². The Bertz CT molecular complexity index is 357. The molecule has 94 valence electrons. The molecule has 0 radical (unpaired) electrons. The number of halogens is 1. The summed E-state index contributed by atoms with van der Waals surface area (Å²) in [7, 11) is 0. The molecule has 0 amide bonds. The molecule has 2 rings (SSSR count). The van der Waals surface area contributed by atoms with E-state index in [2.05, 4.69) is 27.3 Å². The van der Waals surface area contributed by atoms with Gasteiger partial charge in [-0.05, 0) is 31.0 Å². The number of rotatable bonds is 2. The third-order valence-corrected chi connectivity index (χ3v) is 3.97. The zero-order chi connectivity index (χ0) is 12.1. The van der Waals surface area contributed by atoms with Crippen LogP contribution in [-0.4, -0.2) is 6.04 Å². The van der Waals surface area contributed by atoms with Crippen LogP contribution in [0, 0.1) is 0 Å². The van der Waals surface area contributed by atoms with Gasteiger partial charge in [0.25, 0.3) is 0 Å². The van der Waals surface area contributed by atoms with Crippen LogP contribution in [0.5, 0.6) is 0 Å². The summed E-state index contributed by atoms with van der Waals surface area (Å²) < 4.78 is 1.04. The Kier molecular flexibility index (Phi) is 4.72. The lowest BCUT2D eigenvalue weighted by Crippen LogP contribution is -2.21. The molecule has 0 heterocycles. The average molecular weight is 297 g/mol. The first-order valence-electron chi connectivity index (χ1n) is 6.57. The van der Waals surface area contributed by atoms with Crippen molar-refractivity contribution in [2.24, 2.45) is 0 Å². The van der Waals surface area contributed by atoms with Gasteiger partial charge in [-0.1, -0.05) is 48.0 Å². The van der Waals surface area contributed by atoms with E-state index in [0.717, 1.165) is 15.8 Å². The molecular weight excluding hydrogens is 276 g/mol. The van der Waals surface area contributed by atoms with Crippen LogP contribution in [0.2, 0.25) is 0 Å². The van der Waals surface area contributed by atoms with Crippen molar-refractivity contribution < 1.29 is 0 Å². The van der Waals surface area contributed by atoms with Crippen LogP contribution >= 0.6 is 15.9 Å². The zero-order valence-electron chi connectivity index (χ0n) is 10.2. The first-order chi connectivity index (χ1) is 8.25. The molecule has 3 N–H and O–H groups in total. The Hall–Kier alpha value is -0.700. The lowest BCUT2D eigenvalue weighted by molar-refractivity contribution is 0.471. The fourth-order valence-corrected chi connectivity index (χ4v) is 2.86. The molecule has 1 aromatic carbocycles. The maximum Gasteiger partial charge on any atom is 0.0576 e. The van der Waals surface area contributed by atoms with Gasteiger partial charge in [0.05, 0.1) is 11.4 Å². The molecule has 0 spiro atoms. The largest absolute Gasteiger partial charge is 0.397 e. The minimum Gasteiger partial charge on any atom is -0.397 e. The van der Waals surface area contributed by atoms with Crippen LogP contribution in [0.1, 0.15) is 44.9 Å². The van der Waals surface area contributed by atoms with E-state index in [9.17, 15) is 0 Å². The summed E-state index contributed by atoms with van der Waals surface area (Å²) >= 11 is 3.44. The number of benzene rings is 1. The number of nitrogens with one attached hydrogen (secondary N) is 1. The first-order valence-corrected chi connectivity index (χ1v) is 7.36. The summed E-state index contributed by atoms with van der Waals surface area (Å²) in [6, 6.07) is 6.67. The quantitative estimate of drug-likeness (QED) is 0.786. The molecule has 0 saturated heterocycles. The topological polar surface area (TPSA) is 38.0 Å². The van der Waals surface area contributed by atoms with E-state index in [-0.39, 0.29) is 0 Å². The van der Waals surface area contributed by atoms with Gasteiger partial charge in [-0.15, -0.1) is 0 Å². The van der Waals surface area contributed by atoms with Crippen molar-refractivity contribution in [1.29, 1.82) is 0 Å². The highest BCUT2D eigenvalue weighted by Crippen LogP contribution is 2.26. The fourth-order valence-electron chi connectivity index (χ4n) is 2.49. The normalized spacial score (nSPS) is 18.4. The molecule has 3 heteroatoms. The smallest absolute Gasteiger partial charge is 0.0576 e. The van der Waals surface area contributed by atoms with Gasteiger partial charge in [-0.25, -0.2) is 0 Å². The fraction of sp³-hybridized carbons (Fsp3) is 0.571. The summed E-state index contributed by atoms with van der Waals surface area (Å²) in [5.41, 5.74) is 7.93. The zero-order valence-corrected chi connectivity index (χ0v) is 11.8. The Morgan fingerprint density at radius 1 is 1.06 bits per heavy atom. The Balaban J connectivity index is 1.98. The second-order valence-electron chi connectivity index (χ2n) is 4.92. The molecule has 0 aliphatic heterocycles. The predicted molar refractivity (Wildman–Crippen MR) is 78.3 cm³/mol. The Morgan fingerprint density at radius 3 is 2.35 bits per heavy atom. The van der Waals surface area contributed by atoms with E-state index in [4.69, 9.17) is 5.73 Å². The maximum atomic E-state index is 6.02. The van der Waals surface area contributed by atoms with Gasteiger partial charge in [0.15, 0.2) is 0 Å². The summed E-state index contributed by atoms with van der Waals surface area (Å²) in [5.74, 6) is 0. The molecule has 2 nitrogen and oxygen atoms in total. The molecule has 0 atom stereocenters. The lowest BCUT2D eigenvalue weighted by Gasteiger charge is -2.23. The predicted octanol–water partition coefficient (Wildman–Crippen LogP) is 4.56. The highest BCUT2D eigenvalue weighted by atomic mass is 79.9. The highest BCUT2D eigenvalue weighted by molar-refractivity contribution is 9.10. The number of anilines is 2. The number of hydrogen-bond donors (Lipinski definition) is 2. The molecule has 1 aliphatic rings. The second-order valence-corrected chi connectivity index (χ2v) is 5.83. The van der Waals surface area contributed by atoms with E-state index < -0.39 is 0 Å². The summed E-state index contributed by atoms with van der Waals surface area (Å²) in [5, 5.41) is 3.60. The monoisotopic (exact) mass is 296 g/mol. The van der Waals surface area contributed by atoms with Crippen LogP contribution < -0.4 is 11.1 Å². The third kappa shape index (κ3) is 3.91. The van der Waals surface area contributed by atoms with Crippen molar-refractivity contribution in [1.82, 2.24) is 0 Å². The van der Waals surface area contributed by atoms with Crippen molar-refractivity contribution in [2.75, 3.05) is 11.1 Å². The van der Waals surface area contributed by atoms with E-state index in [0.29, 0.717) is 6.04 Å². The van der Waals surface area contributed by atoms with Gasteiger partial charge in [-0.3, -0.25) is 0 Å². The van der Waals surface area contributed by atoms with Crippen LogP contribution in [-0.2, 0) is 0 Å². The van der Waals surface area contributed by atoms with Crippen LogP contribution in [0.4, 0.5) is 11.4 Å². The van der Waals surface area contributed by atoms with Crippen molar-refractivity contribution in [3.8, 4) is 0 Å². The van der Waals surface area contributed by atoms with E-state index >= 15 is 0 Å². The number of nitrogen functional groups attached to an aromatic ring is 1. The van der Waals surface area contributed by atoms with E-state index in [1.165, 1.54) is 44.9 Å². The standard InChI is InChI=1S/C14H21BrN2/c15-11-8-9-14(13(16)10-11)17-12-6-4-2-1-3-5-7-12/h8-10,12,17H,1-7,16H2. The minimum absolute atomic E-state index is 0.596. The molecule has 1 saturated carbocycles. The molecule has 1 fully saturated rings. The maximum absolute atomic E-state index is 6.02. The van der Waals surface area contributed by atoms with Gasteiger partial charge >= 0.3 is 0 Å². The third-order valence-electron chi connectivity index (χ3n) is 3.48. The van der Waals surface area contributed by atoms with Gasteiger partial charge in [0.2, 0.25) is 0 Å². The summed E-state index contributed by atoms with van der Waals surface area (Å²) in [4.78, 5) is 0. The first kappa shape index (κ1) is 12.7. The SMILES string of the molecule is Nc1cc(Br)ccc1NC1CCCCCCC1. The number of nitrogens with two attached hydrogens (primary N) is 1. The van der Waals surface area contributed by atoms with Gasteiger partial charge in [0.1, 0.15) is 0 Å². The van der Waals surface area contributed by atoms with E-state index in [1.54, 1.807) is 0 Å². The van der Waals surface area contributed by atoms with Gasteiger partial charge in [0, 0.05) is 10.5 Å². The van der Waals surface area contributed by atoms with Crippen molar-refractivity contribution in [3.05, 3.63) is 22.7 Å². The average Bonchev–Trinajstić information content (AvgIpc) is 2.25. The Labute approximate surface area is 112 Å². The minimum atomic E-state index is 0.596. The second kappa shape index (κ2) is 6.29. The molecule has 0 aromatic heterocycles. The van der Waals surface area contributed by atoms with Gasteiger partial charge in [-0.2, -0.15) is 0 Å². The molecule has 0 unspecified atom stereocenters. The highest BCUT2D eigenvalue weighted by Gasteiger charge is 2.12. The Morgan fingerprint density at radius 2 is 1.71 bits per heavy atom. The van der Waals surface area contributed by atoms with Gasteiger partial charge < -0.3 is 11.1 Å². The molecule has 17 heavy (non-hydrogen) atoms.